The van der Waals surface area contributed by atoms with Gasteiger partial charge in [0.25, 0.3) is 0 Å². The standard InChI is InChI=1S/C14H9F6NO2/c15-13(16,17)8-3-1-2-6-7(12-9(5-22)23-12)4-10(14(18,19)20)21-11(6)8/h1-4,9,12,22H,5H2/t9-,12-/m1/s1. The summed E-state index contributed by atoms with van der Waals surface area (Å²) in [5, 5.41) is 8.90. The minimum atomic E-state index is -4.90. The SMILES string of the molecule is OC[C@H]1O[C@@H]1c1cc(C(F)(F)F)nc2c(C(F)(F)F)cccc12. The number of pyridine rings is 1. The van der Waals surface area contributed by atoms with Gasteiger partial charge in [-0.05, 0) is 17.7 Å². The van der Waals surface area contributed by atoms with E-state index >= 15 is 0 Å². The van der Waals surface area contributed by atoms with Crippen LogP contribution in [-0.4, -0.2) is 22.8 Å². The van der Waals surface area contributed by atoms with E-state index in [1.165, 1.54) is 6.07 Å². The number of epoxide rings is 1. The number of ether oxygens (including phenoxy) is 1. The van der Waals surface area contributed by atoms with Crippen LogP contribution in [0.1, 0.15) is 22.9 Å². The molecule has 0 bridgehead atoms. The first-order valence-electron chi connectivity index (χ1n) is 6.47. The van der Waals surface area contributed by atoms with Gasteiger partial charge in [-0.2, -0.15) is 26.3 Å². The maximum absolute atomic E-state index is 13.0. The molecule has 3 nitrogen and oxygen atoms in total. The fraction of sp³-hybridized carbons (Fsp3) is 0.357. The molecule has 1 aliphatic heterocycles. The van der Waals surface area contributed by atoms with Crippen LogP contribution in [0.3, 0.4) is 0 Å². The van der Waals surface area contributed by atoms with E-state index in [0.717, 1.165) is 6.07 Å². The molecular weight excluding hydrogens is 328 g/mol. The van der Waals surface area contributed by atoms with E-state index in [-0.39, 0.29) is 10.9 Å². The molecule has 1 aliphatic rings. The Morgan fingerprint density at radius 2 is 1.78 bits per heavy atom. The highest BCUT2D eigenvalue weighted by molar-refractivity contribution is 5.86. The summed E-state index contributed by atoms with van der Waals surface area (Å²) < 4.78 is 83.0. The van der Waals surface area contributed by atoms with Crippen molar-refractivity contribution in [3.8, 4) is 0 Å². The monoisotopic (exact) mass is 337 g/mol. The lowest BCUT2D eigenvalue weighted by molar-refractivity contribution is -0.142. The Morgan fingerprint density at radius 3 is 2.30 bits per heavy atom. The third-order valence-corrected chi connectivity index (χ3v) is 3.54. The van der Waals surface area contributed by atoms with Gasteiger partial charge in [0.1, 0.15) is 17.9 Å². The number of aromatic nitrogens is 1. The smallest absolute Gasteiger partial charge is 0.394 e. The minimum Gasteiger partial charge on any atom is -0.394 e. The normalized spacial score (nSPS) is 21.7. The van der Waals surface area contributed by atoms with E-state index in [1.807, 2.05) is 0 Å². The zero-order valence-electron chi connectivity index (χ0n) is 11.2. The quantitative estimate of drug-likeness (QED) is 0.671. The van der Waals surface area contributed by atoms with Crippen LogP contribution in [0.4, 0.5) is 26.3 Å². The second kappa shape index (κ2) is 5.07. The molecule has 2 atom stereocenters. The predicted octanol–water partition coefficient (Wildman–Crippen LogP) is 3.70. The number of hydrogen-bond acceptors (Lipinski definition) is 3. The lowest BCUT2D eigenvalue weighted by Crippen LogP contribution is -2.13. The Morgan fingerprint density at radius 1 is 1.09 bits per heavy atom. The first kappa shape index (κ1) is 16.0. The lowest BCUT2D eigenvalue weighted by Gasteiger charge is -2.14. The maximum atomic E-state index is 13.0. The third kappa shape index (κ3) is 2.86. The Bertz CT molecular complexity index is 755. The fourth-order valence-corrected chi connectivity index (χ4v) is 2.44. The van der Waals surface area contributed by atoms with Crippen LogP contribution < -0.4 is 0 Å². The average molecular weight is 337 g/mol. The topological polar surface area (TPSA) is 45.6 Å². The number of alkyl halides is 6. The fourth-order valence-electron chi connectivity index (χ4n) is 2.44. The second-order valence-electron chi connectivity index (χ2n) is 5.07. The number of nitrogens with zero attached hydrogens (tertiary/aromatic N) is 1. The van der Waals surface area contributed by atoms with E-state index in [0.29, 0.717) is 12.1 Å². The summed E-state index contributed by atoms with van der Waals surface area (Å²) in [6, 6.07) is 3.70. The number of fused-ring (bicyclic) bond motifs is 1. The third-order valence-electron chi connectivity index (χ3n) is 3.54. The van der Waals surface area contributed by atoms with Crippen LogP contribution in [0.15, 0.2) is 24.3 Å². The number of para-hydroxylation sites is 1. The second-order valence-corrected chi connectivity index (χ2v) is 5.07. The summed E-state index contributed by atoms with van der Waals surface area (Å²) in [6.45, 7) is -0.436. The van der Waals surface area contributed by atoms with Crippen LogP contribution in [0, 0.1) is 0 Å². The molecule has 0 amide bonds. The summed E-state index contributed by atoms with van der Waals surface area (Å²) in [6.07, 6.45) is -11.3. The number of halogens is 6. The van der Waals surface area contributed by atoms with Crippen LogP contribution >= 0.6 is 0 Å². The summed E-state index contributed by atoms with van der Waals surface area (Å²) in [4.78, 5) is 3.17. The number of hydrogen-bond donors (Lipinski definition) is 1. The van der Waals surface area contributed by atoms with Gasteiger partial charge >= 0.3 is 12.4 Å². The van der Waals surface area contributed by atoms with Crippen molar-refractivity contribution in [2.24, 2.45) is 0 Å². The van der Waals surface area contributed by atoms with E-state index in [4.69, 9.17) is 9.84 Å². The molecule has 0 spiro atoms. The average Bonchev–Trinajstić information content (AvgIpc) is 3.22. The largest absolute Gasteiger partial charge is 0.433 e. The first-order valence-corrected chi connectivity index (χ1v) is 6.47. The highest BCUT2D eigenvalue weighted by Gasteiger charge is 2.44. The predicted molar refractivity (Wildman–Crippen MR) is 66.4 cm³/mol. The summed E-state index contributed by atoms with van der Waals surface area (Å²) >= 11 is 0. The minimum absolute atomic E-state index is 0.0625. The zero-order chi connectivity index (χ0) is 17.0. The number of aliphatic hydroxyl groups is 1. The van der Waals surface area contributed by atoms with E-state index < -0.39 is 47.9 Å². The van der Waals surface area contributed by atoms with Crippen LogP contribution in [0.2, 0.25) is 0 Å². The Labute approximate surface area is 125 Å². The summed E-state index contributed by atoms with van der Waals surface area (Å²) in [5.74, 6) is 0. The molecule has 1 saturated heterocycles. The van der Waals surface area contributed by atoms with Gasteiger partial charge in [-0.3, -0.25) is 0 Å². The zero-order valence-corrected chi connectivity index (χ0v) is 11.2. The molecule has 1 aromatic carbocycles. The maximum Gasteiger partial charge on any atom is 0.433 e. The van der Waals surface area contributed by atoms with Gasteiger partial charge in [-0.15, -0.1) is 0 Å². The molecule has 1 N–H and O–H groups in total. The summed E-state index contributed by atoms with van der Waals surface area (Å²) in [5.41, 5.74) is -3.52. The Hall–Kier alpha value is -1.87. The molecule has 1 aromatic heterocycles. The number of rotatable bonds is 2. The van der Waals surface area contributed by atoms with Crippen molar-refractivity contribution in [3.05, 3.63) is 41.1 Å². The molecule has 1 fully saturated rings. The van der Waals surface area contributed by atoms with Gasteiger partial charge in [0, 0.05) is 5.39 Å². The van der Waals surface area contributed by atoms with Crippen LogP contribution in [-0.2, 0) is 17.1 Å². The van der Waals surface area contributed by atoms with E-state index in [1.54, 1.807) is 0 Å². The van der Waals surface area contributed by atoms with Crippen molar-refractivity contribution >= 4 is 10.9 Å². The van der Waals surface area contributed by atoms with Crippen molar-refractivity contribution in [1.29, 1.82) is 0 Å². The molecule has 3 rings (SSSR count). The number of benzene rings is 1. The van der Waals surface area contributed by atoms with Gasteiger partial charge in [0.05, 0.1) is 17.7 Å². The lowest BCUT2D eigenvalue weighted by atomic mass is 10.00. The molecule has 9 heteroatoms. The van der Waals surface area contributed by atoms with Crippen molar-refractivity contribution in [1.82, 2.24) is 4.98 Å². The molecule has 0 unspecified atom stereocenters. The van der Waals surface area contributed by atoms with Crippen molar-refractivity contribution < 1.29 is 36.2 Å². The molecular formula is C14H9F6NO2. The van der Waals surface area contributed by atoms with Crippen molar-refractivity contribution in [2.75, 3.05) is 6.61 Å². The van der Waals surface area contributed by atoms with Gasteiger partial charge in [-0.25, -0.2) is 4.98 Å². The van der Waals surface area contributed by atoms with Gasteiger partial charge in [-0.1, -0.05) is 12.1 Å². The summed E-state index contributed by atoms with van der Waals surface area (Å²) in [7, 11) is 0. The van der Waals surface area contributed by atoms with Crippen molar-refractivity contribution in [2.45, 2.75) is 24.6 Å². The Kier molecular flexibility index (Phi) is 3.53. The van der Waals surface area contributed by atoms with Crippen LogP contribution in [0.5, 0.6) is 0 Å². The number of aliphatic hydroxyl groups excluding tert-OH is 1. The van der Waals surface area contributed by atoms with E-state index in [9.17, 15) is 26.3 Å². The highest BCUT2D eigenvalue weighted by Crippen LogP contribution is 2.45. The van der Waals surface area contributed by atoms with Crippen molar-refractivity contribution in [3.63, 3.8) is 0 Å². The molecule has 0 aliphatic carbocycles. The molecule has 2 aromatic rings. The molecule has 0 saturated carbocycles. The molecule has 124 valence electrons. The molecule has 23 heavy (non-hydrogen) atoms. The Balaban J connectivity index is 2.29. The van der Waals surface area contributed by atoms with Gasteiger partial charge in [0.15, 0.2) is 0 Å². The molecule has 0 radical (unpaired) electrons. The highest BCUT2D eigenvalue weighted by atomic mass is 19.4. The van der Waals surface area contributed by atoms with E-state index in [2.05, 4.69) is 4.98 Å². The first-order chi connectivity index (χ1) is 10.6. The van der Waals surface area contributed by atoms with Gasteiger partial charge < -0.3 is 9.84 Å². The van der Waals surface area contributed by atoms with Gasteiger partial charge in [0.2, 0.25) is 0 Å². The van der Waals surface area contributed by atoms with Crippen LogP contribution in [0.25, 0.3) is 10.9 Å². The molecule has 2 heterocycles.